The Labute approximate surface area is 175 Å². The van der Waals surface area contributed by atoms with E-state index in [9.17, 15) is 9.90 Å². The fraction of sp³-hybridized carbons (Fsp3) is 0.720. The first-order chi connectivity index (χ1) is 14.1. The molecule has 160 valence electrons. The molecule has 2 bridgehead atoms. The van der Waals surface area contributed by atoms with Gasteiger partial charge in [0.05, 0.1) is 7.11 Å². The summed E-state index contributed by atoms with van der Waals surface area (Å²) >= 11 is 0. The minimum absolute atomic E-state index is 0.197. The Kier molecular flexibility index (Phi) is 5.67. The van der Waals surface area contributed by atoms with Gasteiger partial charge in [-0.1, -0.05) is 32.8 Å². The van der Waals surface area contributed by atoms with Gasteiger partial charge in [0.15, 0.2) is 17.3 Å². The van der Waals surface area contributed by atoms with E-state index in [4.69, 9.17) is 9.47 Å². The van der Waals surface area contributed by atoms with E-state index in [0.29, 0.717) is 24.0 Å². The van der Waals surface area contributed by atoms with Crippen LogP contribution in [0, 0.1) is 23.7 Å². The average Bonchev–Trinajstić information content (AvgIpc) is 3.55. The molecule has 0 amide bonds. The summed E-state index contributed by atoms with van der Waals surface area (Å²) < 4.78 is 11.0. The number of Topliss-reactive ketones (excluding diaryl/α,β-unsaturated/α-hetero) is 1. The number of carbonyl (C=O) groups excluding carboxylic acids is 1. The molecule has 4 aliphatic rings. The molecule has 1 aromatic carbocycles. The Balaban J connectivity index is 0.000000994. The number of methoxy groups -OCH3 is 2. The van der Waals surface area contributed by atoms with Crippen LogP contribution in [0.25, 0.3) is 0 Å². The Morgan fingerprint density at radius 1 is 1.17 bits per heavy atom. The third kappa shape index (κ3) is 3.28. The Bertz CT molecular complexity index is 768. The summed E-state index contributed by atoms with van der Waals surface area (Å²) in [5.41, 5.74) is 2.01. The lowest BCUT2D eigenvalue weighted by Crippen LogP contribution is -2.57. The van der Waals surface area contributed by atoms with Gasteiger partial charge in [-0.2, -0.15) is 0 Å². The molecule has 5 rings (SSSR count). The molecule has 3 saturated carbocycles. The largest absolute Gasteiger partial charge is 0.504 e. The zero-order chi connectivity index (χ0) is 20.8. The lowest BCUT2D eigenvalue weighted by Gasteiger charge is -2.58. The lowest BCUT2D eigenvalue weighted by atomic mass is 9.45. The monoisotopic (exact) mass is 400 g/mol. The minimum Gasteiger partial charge on any atom is -0.504 e. The van der Waals surface area contributed by atoms with E-state index in [2.05, 4.69) is 6.07 Å². The van der Waals surface area contributed by atoms with Gasteiger partial charge in [0, 0.05) is 24.5 Å². The summed E-state index contributed by atoms with van der Waals surface area (Å²) in [5, 5.41) is 11.0. The van der Waals surface area contributed by atoms with Crippen LogP contribution < -0.4 is 4.74 Å². The summed E-state index contributed by atoms with van der Waals surface area (Å²) in [7, 11) is 3.26. The Morgan fingerprint density at radius 2 is 1.93 bits per heavy atom. The smallest absolute Gasteiger partial charge is 0.162 e. The molecule has 0 spiro atoms. The van der Waals surface area contributed by atoms with Gasteiger partial charge in [-0.05, 0) is 67.4 Å². The van der Waals surface area contributed by atoms with Crippen molar-refractivity contribution < 1.29 is 19.4 Å². The van der Waals surface area contributed by atoms with E-state index in [0.717, 1.165) is 36.7 Å². The quantitative estimate of drug-likeness (QED) is 0.769. The molecule has 0 radical (unpaired) electrons. The summed E-state index contributed by atoms with van der Waals surface area (Å²) in [6, 6.07) is 4.02. The van der Waals surface area contributed by atoms with E-state index in [1.54, 1.807) is 14.2 Å². The molecule has 4 aliphatic carbocycles. The van der Waals surface area contributed by atoms with E-state index in [-0.39, 0.29) is 23.1 Å². The number of benzene rings is 1. The maximum absolute atomic E-state index is 12.9. The highest BCUT2D eigenvalue weighted by Gasteiger charge is 2.59. The van der Waals surface area contributed by atoms with Crippen LogP contribution in [0.3, 0.4) is 0 Å². The van der Waals surface area contributed by atoms with Gasteiger partial charge in [0.1, 0.15) is 6.10 Å². The molecule has 29 heavy (non-hydrogen) atoms. The van der Waals surface area contributed by atoms with Gasteiger partial charge in [-0.3, -0.25) is 4.79 Å². The molecular weight excluding hydrogens is 364 g/mol. The molecule has 0 heterocycles. The zero-order valence-corrected chi connectivity index (χ0v) is 18.4. The molecule has 1 aromatic rings. The summed E-state index contributed by atoms with van der Waals surface area (Å²) in [6.07, 6.45) is 8.36. The van der Waals surface area contributed by atoms with Crippen LogP contribution >= 0.6 is 0 Å². The number of fused-ring (bicyclic) bond motifs is 1. The van der Waals surface area contributed by atoms with Crippen molar-refractivity contribution in [2.75, 3.05) is 14.2 Å². The first kappa shape index (κ1) is 20.7. The predicted octanol–water partition coefficient (Wildman–Crippen LogP) is 5.04. The molecule has 0 aliphatic heterocycles. The van der Waals surface area contributed by atoms with Crippen molar-refractivity contribution in [2.45, 2.75) is 76.7 Å². The van der Waals surface area contributed by atoms with E-state index >= 15 is 0 Å². The average molecular weight is 401 g/mol. The molecule has 0 aromatic heterocycles. The van der Waals surface area contributed by atoms with Crippen LogP contribution in [-0.4, -0.2) is 31.2 Å². The Hall–Kier alpha value is -1.55. The predicted molar refractivity (Wildman–Crippen MR) is 113 cm³/mol. The van der Waals surface area contributed by atoms with Gasteiger partial charge in [0.2, 0.25) is 0 Å². The SMILES string of the molecule is CC.COc1ccc2c(c1O)[C@@]13CC[C@@H](CC4CC4)C(C2)C1CC(OC)C(=O)C3. The van der Waals surface area contributed by atoms with Crippen molar-refractivity contribution in [1.82, 2.24) is 0 Å². The second-order valence-electron chi connectivity index (χ2n) is 9.36. The highest BCUT2D eigenvalue weighted by molar-refractivity contribution is 5.86. The molecule has 4 nitrogen and oxygen atoms in total. The fourth-order valence-corrected chi connectivity index (χ4v) is 6.76. The van der Waals surface area contributed by atoms with Gasteiger partial charge < -0.3 is 14.6 Å². The zero-order valence-electron chi connectivity index (χ0n) is 18.4. The third-order valence-electron chi connectivity index (χ3n) is 8.13. The number of ether oxygens (including phenoxy) is 2. The minimum atomic E-state index is -0.278. The number of aromatic hydroxyl groups is 1. The van der Waals surface area contributed by atoms with Gasteiger partial charge in [0.25, 0.3) is 0 Å². The lowest BCUT2D eigenvalue weighted by molar-refractivity contribution is -0.142. The van der Waals surface area contributed by atoms with Gasteiger partial charge >= 0.3 is 0 Å². The van der Waals surface area contributed by atoms with E-state index < -0.39 is 0 Å². The van der Waals surface area contributed by atoms with Gasteiger partial charge in [-0.25, -0.2) is 0 Å². The maximum Gasteiger partial charge on any atom is 0.162 e. The number of hydrogen-bond donors (Lipinski definition) is 1. The number of carbonyl (C=O) groups is 1. The molecule has 1 N–H and O–H groups in total. The van der Waals surface area contributed by atoms with Crippen molar-refractivity contribution in [3.8, 4) is 11.5 Å². The standard InChI is InChI=1S/C23H30O4.C2H6/c1-26-19-6-5-15-10-16-14(9-13-3-4-13)7-8-23(21(15)22(19)25)12-18(24)20(27-2)11-17(16)23;1-2/h5-6,13-14,16-17,20,25H,3-4,7-12H2,1-2H3;1-2H3/t14-,16?,17?,20?,23+;/m0./s1. The van der Waals surface area contributed by atoms with Crippen molar-refractivity contribution in [3.63, 3.8) is 0 Å². The van der Waals surface area contributed by atoms with Crippen LogP contribution in [0.4, 0.5) is 0 Å². The number of phenols is 1. The topological polar surface area (TPSA) is 55.8 Å². The van der Waals surface area contributed by atoms with Crippen LogP contribution in [-0.2, 0) is 21.4 Å². The van der Waals surface area contributed by atoms with Crippen molar-refractivity contribution in [3.05, 3.63) is 23.3 Å². The van der Waals surface area contributed by atoms with E-state index in [1.807, 2.05) is 19.9 Å². The van der Waals surface area contributed by atoms with Crippen molar-refractivity contribution in [2.24, 2.45) is 23.7 Å². The second kappa shape index (κ2) is 7.94. The molecule has 0 saturated heterocycles. The third-order valence-corrected chi connectivity index (χ3v) is 8.13. The van der Waals surface area contributed by atoms with E-state index in [1.165, 1.54) is 31.2 Å². The summed E-state index contributed by atoms with van der Waals surface area (Å²) in [6.45, 7) is 4.00. The highest BCUT2D eigenvalue weighted by atomic mass is 16.5. The number of phenolic OH excluding ortho intramolecular Hbond substituents is 1. The second-order valence-corrected chi connectivity index (χ2v) is 9.36. The molecule has 3 fully saturated rings. The fourth-order valence-electron chi connectivity index (χ4n) is 6.76. The van der Waals surface area contributed by atoms with Crippen LogP contribution in [0.1, 0.15) is 69.9 Å². The normalized spacial score (nSPS) is 35.1. The summed E-state index contributed by atoms with van der Waals surface area (Å²) in [4.78, 5) is 12.9. The van der Waals surface area contributed by atoms with Crippen LogP contribution in [0.2, 0.25) is 0 Å². The van der Waals surface area contributed by atoms with Crippen molar-refractivity contribution in [1.29, 1.82) is 0 Å². The first-order valence-corrected chi connectivity index (χ1v) is 11.5. The van der Waals surface area contributed by atoms with Gasteiger partial charge in [-0.15, -0.1) is 0 Å². The number of rotatable bonds is 4. The number of hydrogen-bond acceptors (Lipinski definition) is 4. The molecular formula is C25H36O4. The van der Waals surface area contributed by atoms with Crippen LogP contribution in [0.5, 0.6) is 11.5 Å². The summed E-state index contributed by atoms with van der Waals surface area (Å²) in [5.74, 6) is 3.69. The highest BCUT2D eigenvalue weighted by Crippen LogP contribution is 2.63. The molecule has 5 atom stereocenters. The first-order valence-electron chi connectivity index (χ1n) is 11.5. The number of ketones is 1. The van der Waals surface area contributed by atoms with Crippen molar-refractivity contribution >= 4 is 5.78 Å². The van der Waals surface area contributed by atoms with Crippen LogP contribution in [0.15, 0.2) is 12.1 Å². The maximum atomic E-state index is 12.9. The molecule has 4 heteroatoms. The Morgan fingerprint density at radius 3 is 2.59 bits per heavy atom. The molecule has 3 unspecified atom stereocenters.